The van der Waals surface area contributed by atoms with Crippen LogP contribution in [0.25, 0.3) is 0 Å². The van der Waals surface area contributed by atoms with Crippen LogP contribution in [0.15, 0.2) is 0 Å². The maximum absolute atomic E-state index is 11.9. The zero-order chi connectivity index (χ0) is 14.6. The van der Waals surface area contributed by atoms with Crippen molar-refractivity contribution in [2.24, 2.45) is 0 Å². The summed E-state index contributed by atoms with van der Waals surface area (Å²) in [5.74, 6) is 0.109. The Morgan fingerprint density at radius 1 is 1.26 bits per heavy atom. The van der Waals surface area contributed by atoms with Crippen molar-refractivity contribution in [1.82, 2.24) is 9.80 Å². The maximum atomic E-state index is 11.9. The van der Waals surface area contributed by atoms with Crippen LogP contribution in [0, 0.1) is 0 Å². The van der Waals surface area contributed by atoms with Crippen LogP contribution < -0.4 is 0 Å². The predicted octanol–water partition coefficient (Wildman–Crippen LogP) is 2.25. The number of carbonyl (C=O) groups is 2. The van der Waals surface area contributed by atoms with Crippen LogP contribution in [0.3, 0.4) is 0 Å². The highest BCUT2D eigenvalue weighted by Gasteiger charge is 2.29. The molecule has 0 unspecified atom stereocenters. The van der Waals surface area contributed by atoms with E-state index in [-0.39, 0.29) is 18.0 Å². The minimum absolute atomic E-state index is 0.109. The van der Waals surface area contributed by atoms with Crippen molar-refractivity contribution < 1.29 is 14.3 Å². The fraction of sp³-hybridized carbons (Fsp3) is 0.857. The van der Waals surface area contributed by atoms with E-state index in [2.05, 4.69) is 0 Å². The van der Waals surface area contributed by atoms with Gasteiger partial charge in [-0.3, -0.25) is 4.79 Å². The molecule has 0 aliphatic carbocycles. The molecular formula is C14H26N2O3. The molecule has 1 aliphatic heterocycles. The molecule has 1 saturated heterocycles. The molecule has 0 N–H and O–H groups in total. The third-order valence-electron chi connectivity index (χ3n) is 3.30. The number of hydrogen-bond donors (Lipinski definition) is 0. The lowest BCUT2D eigenvalue weighted by atomic mass is 10.0. The third kappa shape index (κ3) is 4.73. The summed E-state index contributed by atoms with van der Waals surface area (Å²) in [6.45, 7) is 11.2. The average Bonchev–Trinajstić information content (AvgIpc) is 2.28. The molecule has 0 aromatic heterocycles. The van der Waals surface area contributed by atoms with Crippen LogP contribution in [0.5, 0.6) is 0 Å². The molecule has 110 valence electrons. The van der Waals surface area contributed by atoms with Gasteiger partial charge in [-0.25, -0.2) is 4.79 Å². The van der Waals surface area contributed by atoms with Crippen molar-refractivity contribution in [3.63, 3.8) is 0 Å². The van der Waals surface area contributed by atoms with E-state index in [0.29, 0.717) is 13.1 Å². The minimum atomic E-state index is -0.456. The number of carbonyl (C=O) groups excluding carboxylic acids is 2. The Balaban J connectivity index is 2.49. The Hall–Kier alpha value is -1.26. The molecule has 1 aliphatic rings. The SMILES string of the molecule is CCN(C(C)=O)C1CCN(C(=O)OC(C)(C)C)CC1. The van der Waals surface area contributed by atoms with Crippen LogP contribution in [-0.4, -0.2) is 53.1 Å². The van der Waals surface area contributed by atoms with Crippen molar-refractivity contribution in [2.45, 2.75) is 59.1 Å². The normalized spacial score (nSPS) is 17.2. The average molecular weight is 270 g/mol. The van der Waals surface area contributed by atoms with Crippen LogP contribution in [-0.2, 0) is 9.53 Å². The molecule has 0 atom stereocenters. The molecule has 1 heterocycles. The second kappa shape index (κ2) is 6.26. The van der Waals surface area contributed by atoms with Gasteiger partial charge in [0.25, 0.3) is 0 Å². The summed E-state index contributed by atoms with van der Waals surface area (Å²) in [7, 11) is 0. The summed E-state index contributed by atoms with van der Waals surface area (Å²) in [6, 6.07) is 0.251. The molecule has 0 spiro atoms. The fourth-order valence-electron chi connectivity index (χ4n) is 2.42. The van der Waals surface area contributed by atoms with Crippen molar-refractivity contribution in [1.29, 1.82) is 0 Å². The van der Waals surface area contributed by atoms with E-state index in [0.717, 1.165) is 19.4 Å². The Labute approximate surface area is 115 Å². The molecular weight excluding hydrogens is 244 g/mol. The Bertz CT molecular complexity index is 328. The number of amides is 2. The van der Waals surface area contributed by atoms with E-state index in [1.165, 1.54) is 0 Å². The maximum Gasteiger partial charge on any atom is 0.410 e. The topological polar surface area (TPSA) is 49.9 Å². The second-order valence-corrected chi connectivity index (χ2v) is 6.00. The summed E-state index contributed by atoms with van der Waals surface area (Å²) >= 11 is 0. The molecule has 5 nitrogen and oxygen atoms in total. The van der Waals surface area contributed by atoms with Crippen LogP contribution in [0.1, 0.15) is 47.5 Å². The summed E-state index contributed by atoms with van der Waals surface area (Å²) in [5.41, 5.74) is -0.456. The lowest BCUT2D eigenvalue weighted by molar-refractivity contribution is -0.131. The molecule has 2 amide bonds. The highest BCUT2D eigenvalue weighted by atomic mass is 16.6. The standard InChI is InChI=1S/C14H26N2O3/c1-6-16(11(2)17)12-7-9-15(10-8-12)13(18)19-14(3,4)5/h12H,6-10H2,1-5H3. The molecule has 0 saturated carbocycles. The number of piperidine rings is 1. The second-order valence-electron chi connectivity index (χ2n) is 6.00. The lowest BCUT2D eigenvalue weighted by Gasteiger charge is -2.38. The van der Waals surface area contributed by atoms with E-state index >= 15 is 0 Å². The van der Waals surface area contributed by atoms with Crippen molar-refractivity contribution in [3.05, 3.63) is 0 Å². The highest BCUT2D eigenvalue weighted by molar-refractivity contribution is 5.73. The molecule has 19 heavy (non-hydrogen) atoms. The van der Waals surface area contributed by atoms with Gasteiger partial charge >= 0.3 is 6.09 Å². The van der Waals surface area contributed by atoms with Gasteiger partial charge in [-0.15, -0.1) is 0 Å². The zero-order valence-electron chi connectivity index (χ0n) is 12.7. The first-order chi connectivity index (χ1) is 8.74. The number of likely N-dealkylation sites (tertiary alicyclic amines) is 1. The van der Waals surface area contributed by atoms with Gasteiger partial charge in [0.15, 0.2) is 0 Å². The van der Waals surface area contributed by atoms with Gasteiger partial charge in [-0.1, -0.05) is 0 Å². The largest absolute Gasteiger partial charge is 0.444 e. The summed E-state index contributed by atoms with van der Waals surface area (Å²) in [6.07, 6.45) is 1.40. The fourth-order valence-corrected chi connectivity index (χ4v) is 2.42. The Morgan fingerprint density at radius 3 is 2.16 bits per heavy atom. The molecule has 0 aromatic carbocycles. The number of rotatable bonds is 2. The van der Waals surface area contributed by atoms with Crippen molar-refractivity contribution in [2.75, 3.05) is 19.6 Å². The van der Waals surface area contributed by atoms with Gasteiger partial charge in [-0.05, 0) is 40.5 Å². The molecule has 5 heteroatoms. The number of hydrogen-bond acceptors (Lipinski definition) is 3. The molecule has 0 radical (unpaired) electrons. The van der Waals surface area contributed by atoms with E-state index in [4.69, 9.17) is 4.74 Å². The van der Waals surface area contributed by atoms with Gasteiger partial charge in [0.1, 0.15) is 5.60 Å². The Kier molecular flexibility index (Phi) is 5.20. The van der Waals surface area contributed by atoms with Gasteiger partial charge in [0.05, 0.1) is 0 Å². The van der Waals surface area contributed by atoms with E-state index < -0.39 is 5.60 Å². The Morgan fingerprint density at radius 2 is 1.79 bits per heavy atom. The monoisotopic (exact) mass is 270 g/mol. The summed E-state index contributed by atoms with van der Waals surface area (Å²) < 4.78 is 5.35. The first-order valence-electron chi connectivity index (χ1n) is 6.99. The highest BCUT2D eigenvalue weighted by Crippen LogP contribution is 2.19. The van der Waals surface area contributed by atoms with Crippen molar-refractivity contribution >= 4 is 12.0 Å². The molecule has 1 rings (SSSR count). The summed E-state index contributed by atoms with van der Waals surface area (Å²) in [5, 5.41) is 0. The third-order valence-corrected chi connectivity index (χ3v) is 3.30. The van der Waals surface area contributed by atoms with Gasteiger partial charge in [-0.2, -0.15) is 0 Å². The molecule has 0 aromatic rings. The quantitative estimate of drug-likeness (QED) is 0.773. The van der Waals surface area contributed by atoms with Crippen LogP contribution in [0.4, 0.5) is 4.79 Å². The molecule has 1 fully saturated rings. The molecule has 0 bridgehead atoms. The first-order valence-corrected chi connectivity index (χ1v) is 6.99. The van der Waals surface area contributed by atoms with Crippen molar-refractivity contribution in [3.8, 4) is 0 Å². The zero-order valence-corrected chi connectivity index (χ0v) is 12.7. The van der Waals surface area contributed by atoms with Gasteiger partial charge in [0.2, 0.25) is 5.91 Å². The van der Waals surface area contributed by atoms with E-state index in [1.807, 2.05) is 32.6 Å². The van der Waals surface area contributed by atoms with Crippen LogP contribution >= 0.6 is 0 Å². The van der Waals surface area contributed by atoms with E-state index in [1.54, 1.807) is 11.8 Å². The lowest BCUT2D eigenvalue weighted by Crippen LogP contribution is -2.49. The van der Waals surface area contributed by atoms with Crippen LogP contribution in [0.2, 0.25) is 0 Å². The van der Waals surface area contributed by atoms with Gasteiger partial charge in [0, 0.05) is 32.6 Å². The number of ether oxygens (including phenoxy) is 1. The minimum Gasteiger partial charge on any atom is -0.444 e. The summed E-state index contributed by atoms with van der Waals surface area (Å²) in [4.78, 5) is 27.0. The predicted molar refractivity (Wildman–Crippen MR) is 73.9 cm³/mol. The number of nitrogens with zero attached hydrogens (tertiary/aromatic N) is 2. The first kappa shape index (κ1) is 15.8. The smallest absolute Gasteiger partial charge is 0.410 e. The van der Waals surface area contributed by atoms with E-state index in [9.17, 15) is 9.59 Å². The van der Waals surface area contributed by atoms with Gasteiger partial charge < -0.3 is 14.5 Å².